The average Bonchev–Trinajstić information content (AvgIpc) is 3.13. The minimum atomic E-state index is -0.772. The van der Waals surface area contributed by atoms with Crippen molar-refractivity contribution in [3.8, 4) is 17.2 Å². The zero-order valence-electron chi connectivity index (χ0n) is 23.3. The Labute approximate surface area is 225 Å². The summed E-state index contributed by atoms with van der Waals surface area (Å²) in [5.41, 5.74) is 1.11. The molecule has 1 unspecified atom stereocenters. The fraction of sp³-hybridized carbons (Fsp3) is 0.467. The van der Waals surface area contributed by atoms with Crippen molar-refractivity contribution in [3.05, 3.63) is 59.2 Å². The molecule has 1 N–H and O–H groups in total. The van der Waals surface area contributed by atoms with E-state index in [1.807, 2.05) is 32.0 Å². The SMILES string of the molecule is CCOc1cccc(/C(O)=C2\C(=O)C(=O)N(CCCN(C)C)C2c2ccc(OCCC(C)C)c(OC)c2)c1. The number of ether oxygens (including phenoxy) is 3. The number of carbonyl (C=O) groups is 2. The minimum Gasteiger partial charge on any atom is -0.507 e. The minimum absolute atomic E-state index is 0.0454. The molecule has 2 aromatic carbocycles. The van der Waals surface area contributed by atoms with E-state index in [0.717, 1.165) is 13.0 Å². The largest absolute Gasteiger partial charge is 0.507 e. The van der Waals surface area contributed by atoms with Crippen LogP contribution in [0.3, 0.4) is 0 Å². The van der Waals surface area contributed by atoms with Gasteiger partial charge in [-0.2, -0.15) is 0 Å². The van der Waals surface area contributed by atoms with Gasteiger partial charge in [-0.15, -0.1) is 0 Å². The fourth-order valence-electron chi connectivity index (χ4n) is 4.45. The van der Waals surface area contributed by atoms with Crippen LogP contribution >= 0.6 is 0 Å². The van der Waals surface area contributed by atoms with E-state index in [9.17, 15) is 14.7 Å². The van der Waals surface area contributed by atoms with Gasteiger partial charge in [0.05, 0.1) is 31.9 Å². The van der Waals surface area contributed by atoms with Crippen LogP contribution in [-0.4, -0.2) is 74.1 Å². The Bertz CT molecular complexity index is 1160. The number of methoxy groups -OCH3 is 1. The van der Waals surface area contributed by atoms with Crippen molar-refractivity contribution in [3.63, 3.8) is 0 Å². The monoisotopic (exact) mass is 524 g/mol. The highest BCUT2D eigenvalue weighted by Gasteiger charge is 2.46. The van der Waals surface area contributed by atoms with Crippen LogP contribution in [0.4, 0.5) is 0 Å². The molecule has 1 aliphatic heterocycles. The number of Topliss-reactive ketones (excluding diaryl/α,β-unsaturated/α-hetero) is 1. The van der Waals surface area contributed by atoms with Crippen molar-refractivity contribution in [2.24, 2.45) is 5.92 Å². The lowest BCUT2D eigenvalue weighted by atomic mass is 9.95. The van der Waals surface area contributed by atoms with Gasteiger partial charge in [-0.05, 0) is 76.2 Å². The van der Waals surface area contributed by atoms with Gasteiger partial charge in [0.25, 0.3) is 11.7 Å². The van der Waals surface area contributed by atoms with E-state index in [2.05, 4.69) is 13.8 Å². The number of hydrogen-bond donors (Lipinski definition) is 1. The maximum atomic E-state index is 13.3. The summed E-state index contributed by atoms with van der Waals surface area (Å²) in [6.45, 7) is 8.25. The number of likely N-dealkylation sites (tertiary alicyclic amines) is 1. The van der Waals surface area contributed by atoms with Gasteiger partial charge in [-0.25, -0.2) is 0 Å². The summed E-state index contributed by atoms with van der Waals surface area (Å²) >= 11 is 0. The van der Waals surface area contributed by atoms with Crippen LogP contribution in [0.5, 0.6) is 17.2 Å². The lowest BCUT2D eigenvalue weighted by Gasteiger charge is -2.26. The molecule has 1 amide bonds. The number of ketones is 1. The van der Waals surface area contributed by atoms with Crippen LogP contribution < -0.4 is 14.2 Å². The molecule has 0 saturated carbocycles. The van der Waals surface area contributed by atoms with Crippen LogP contribution in [0.2, 0.25) is 0 Å². The van der Waals surface area contributed by atoms with Gasteiger partial charge in [-0.3, -0.25) is 9.59 Å². The van der Waals surface area contributed by atoms with E-state index in [1.165, 1.54) is 4.90 Å². The Morgan fingerprint density at radius 2 is 1.84 bits per heavy atom. The molecule has 0 aliphatic carbocycles. The van der Waals surface area contributed by atoms with Crippen molar-refractivity contribution in [2.45, 2.75) is 39.7 Å². The van der Waals surface area contributed by atoms with Gasteiger partial charge < -0.3 is 29.1 Å². The number of hydrogen-bond acceptors (Lipinski definition) is 7. The number of carbonyl (C=O) groups excluding carboxylic acids is 2. The predicted molar refractivity (Wildman–Crippen MR) is 148 cm³/mol. The molecular weight excluding hydrogens is 484 g/mol. The first-order chi connectivity index (χ1) is 18.2. The smallest absolute Gasteiger partial charge is 0.295 e. The molecule has 1 atom stereocenters. The van der Waals surface area contributed by atoms with E-state index < -0.39 is 17.7 Å². The van der Waals surface area contributed by atoms with Crippen LogP contribution in [0.25, 0.3) is 5.76 Å². The number of aliphatic hydroxyl groups is 1. The van der Waals surface area contributed by atoms with E-state index in [1.54, 1.807) is 43.5 Å². The molecule has 1 aliphatic rings. The quantitative estimate of drug-likeness (QED) is 0.227. The van der Waals surface area contributed by atoms with Crippen molar-refractivity contribution in [1.29, 1.82) is 0 Å². The fourth-order valence-corrected chi connectivity index (χ4v) is 4.45. The zero-order valence-corrected chi connectivity index (χ0v) is 23.3. The summed E-state index contributed by atoms with van der Waals surface area (Å²) in [5, 5.41) is 11.4. The number of rotatable bonds is 13. The molecule has 0 spiro atoms. The molecule has 206 valence electrons. The molecular formula is C30H40N2O6. The predicted octanol–water partition coefficient (Wildman–Crippen LogP) is 4.89. The summed E-state index contributed by atoms with van der Waals surface area (Å²) < 4.78 is 17.1. The third-order valence-corrected chi connectivity index (χ3v) is 6.42. The third-order valence-electron chi connectivity index (χ3n) is 6.42. The lowest BCUT2D eigenvalue weighted by molar-refractivity contribution is -0.139. The number of aliphatic hydroxyl groups excluding tert-OH is 1. The molecule has 38 heavy (non-hydrogen) atoms. The summed E-state index contributed by atoms with van der Waals surface area (Å²) in [4.78, 5) is 30.2. The van der Waals surface area contributed by atoms with Gasteiger partial charge in [0.15, 0.2) is 11.5 Å². The molecule has 1 saturated heterocycles. The Morgan fingerprint density at radius 3 is 2.50 bits per heavy atom. The average molecular weight is 525 g/mol. The Hall–Kier alpha value is -3.52. The molecule has 0 aromatic heterocycles. The molecule has 1 fully saturated rings. The third kappa shape index (κ3) is 6.86. The van der Waals surface area contributed by atoms with Crippen LogP contribution in [-0.2, 0) is 9.59 Å². The second-order valence-corrected chi connectivity index (χ2v) is 10.1. The highest BCUT2D eigenvalue weighted by atomic mass is 16.5. The van der Waals surface area contributed by atoms with E-state index >= 15 is 0 Å². The first-order valence-electron chi connectivity index (χ1n) is 13.1. The van der Waals surface area contributed by atoms with Gasteiger partial charge in [0.1, 0.15) is 11.5 Å². The lowest BCUT2D eigenvalue weighted by Crippen LogP contribution is -2.32. The maximum absolute atomic E-state index is 13.3. The van der Waals surface area contributed by atoms with Crippen molar-refractivity contribution < 1.29 is 28.9 Å². The van der Waals surface area contributed by atoms with Crippen LogP contribution in [0.1, 0.15) is 50.8 Å². The second-order valence-electron chi connectivity index (χ2n) is 10.1. The Morgan fingerprint density at radius 1 is 1.08 bits per heavy atom. The molecule has 1 heterocycles. The van der Waals surface area contributed by atoms with E-state index in [4.69, 9.17) is 14.2 Å². The summed E-state index contributed by atoms with van der Waals surface area (Å²) in [7, 11) is 5.47. The van der Waals surface area contributed by atoms with Gasteiger partial charge >= 0.3 is 0 Å². The molecule has 0 bridgehead atoms. The molecule has 3 rings (SSSR count). The summed E-state index contributed by atoms with van der Waals surface area (Å²) in [6.07, 6.45) is 1.57. The molecule has 0 radical (unpaired) electrons. The van der Waals surface area contributed by atoms with Gasteiger partial charge in [-0.1, -0.05) is 32.0 Å². The normalized spacial score (nSPS) is 16.9. The van der Waals surface area contributed by atoms with Crippen molar-refractivity contribution >= 4 is 17.4 Å². The van der Waals surface area contributed by atoms with Gasteiger partial charge in [0.2, 0.25) is 0 Å². The topological polar surface area (TPSA) is 88.5 Å². The number of benzene rings is 2. The van der Waals surface area contributed by atoms with E-state index in [-0.39, 0.29) is 11.3 Å². The van der Waals surface area contributed by atoms with E-state index in [0.29, 0.717) is 60.5 Å². The first-order valence-corrected chi connectivity index (χ1v) is 13.1. The number of nitrogens with zero attached hydrogens (tertiary/aromatic N) is 2. The number of amides is 1. The van der Waals surface area contributed by atoms with Crippen LogP contribution in [0, 0.1) is 5.92 Å². The first kappa shape index (κ1) is 29.0. The molecule has 2 aromatic rings. The standard InChI is InChI=1S/C30H40N2O6/c1-7-37-23-11-8-10-22(18-23)28(33)26-27(32(30(35)29(26)34)16-9-15-31(4)5)21-12-13-24(25(19-21)36-6)38-17-14-20(2)3/h8,10-13,18-20,27,33H,7,9,14-17H2,1-6H3/b28-26+. The second kappa shape index (κ2) is 13.3. The molecule has 8 heteroatoms. The van der Waals surface area contributed by atoms with Crippen LogP contribution in [0.15, 0.2) is 48.0 Å². The Balaban J connectivity index is 2.08. The summed E-state index contributed by atoms with van der Waals surface area (Å²) in [5.74, 6) is 0.583. The highest BCUT2D eigenvalue weighted by Crippen LogP contribution is 2.42. The Kier molecular flexibility index (Phi) is 10.2. The highest BCUT2D eigenvalue weighted by molar-refractivity contribution is 6.46. The molecule has 8 nitrogen and oxygen atoms in total. The van der Waals surface area contributed by atoms with Crippen molar-refractivity contribution in [2.75, 3.05) is 47.5 Å². The summed E-state index contributed by atoms with van der Waals surface area (Å²) in [6, 6.07) is 11.5. The van der Waals surface area contributed by atoms with Gasteiger partial charge in [0, 0.05) is 12.1 Å². The van der Waals surface area contributed by atoms with Crippen molar-refractivity contribution in [1.82, 2.24) is 9.80 Å². The maximum Gasteiger partial charge on any atom is 0.295 e. The zero-order chi connectivity index (χ0) is 27.8.